The summed E-state index contributed by atoms with van der Waals surface area (Å²) in [5, 5.41) is 12.7. The number of likely N-dealkylation sites (N-methyl/N-ethyl adjacent to an activating group) is 1. The molecule has 0 spiro atoms. The molecule has 0 atom stereocenters. The van der Waals surface area contributed by atoms with Crippen molar-refractivity contribution in [3.63, 3.8) is 0 Å². The molecule has 0 amide bonds. The number of carbonyl (C=O) groups is 1. The van der Waals surface area contributed by atoms with Crippen LogP contribution in [-0.4, -0.2) is 59.7 Å². The quantitative estimate of drug-likeness (QED) is 0.165. The molecule has 2 aromatic carbocycles. The number of aromatic nitrogens is 6. The maximum absolute atomic E-state index is 13.8. The minimum absolute atomic E-state index is 0.0374. The molecule has 232 valence electrons. The van der Waals surface area contributed by atoms with Gasteiger partial charge in [-0.25, -0.2) is 4.98 Å². The zero-order valence-electron chi connectivity index (χ0n) is 26.6. The normalized spacial score (nSPS) is 11.4. The number of hydrogen-bond donors (Lipinski definition) is 0. The van der Waals surface area contributed by atoms with E-state index >= 15 is 0 Å². The van der Waals surface area contributed by atoms with E-state index < -0.39 is 5.41 Å². The van der Waals surface area contributed by atoms with E-state index in [1.807, 2.05) is 74.4 Å². The van der Waals surface area contributed by atoms with E-state index in [1.165, 1.54) is 4.80 Å². The molecule has 0 fully saturated rings. The van der Waals surface area contributed by atoms with Gasteiger partial charge in [0.05, 0.1) is 16.9 Å². The van der Waals surface area contributed by atoms with Crippen LogP contribution in [0.15, 0.2) is 53.3 Å². The Morgan fingerprint density at radius 2 is 1.73 bits per heavy atom. The first kappa shape index (κ1) is 32.7. The van der Waals surface area contributed by atoms with Gasteiger partial charge in [0.25, 0.3) is 5.56 Å². The molecule has 11 heteroatoms. The molecule has 2 aromatic heterocycles. The molecule has 4 aromatic rings. The molecule has 0 aliphatic heterocycles. The van der Waals surface area contributed by atoms with Crippen LogP contribution in [-0.2, 0) is 35.6 Å². The third kappa shape index (κ3) is 7.82. The van der Waals surface area contributed by atoms with E-state index in [9.17, 15) is 9.59 Å². The van der Waals surface area contributed by atoms with Gasteiger partial charge in [0, 0.05) is 43.8 Å². The maximum atomic E-state index is 13.8. The van der Waals surface area contributed by atoms with Crippen LogP contribution < -0.4 is 5.56 Å². The number of benzene rings is 2. The minimum atomic E-state index is -0.620. The topological polar surface area (TPSA) is 108 Å². The molecular weight excluding hydrogens is 574 g/mol. The summed E-state index contributed by atoms with van der Waals surface area (Å²) in [4.78, 5) is 34.6. The summed E-state index contributed by atoms with van der Waals surface area (Å²) in [5.41, 5.74) is 4.42. The summed E-state index contributed by atoms with van der Waals surface area (Å²) >= 11 is 5.52. The van der Waals surface area contributed by atoms with Crippen molar-refractivity contribution in [2.24, 2.45) is 5.41 Å². The number of tetrazole rings is 1. The average Bonchev–Trinajstić information content (AvgIpc) is 3.47. The van der Waals surface area contributed by atoms with Crippen molar-refractivity contribution in [1.29, 1.82) is 0 Å². The predicted octanol–water partition coefficient (Wildman–Crippen LogP) is 5.24. The smallest absolute Gasteiger partial charge is 0.313 e. The molecule has 0 aliphatic rings. The molecule has 4 rings (SSSR count). The van der Waals surface area contributed by atoms with Crippen LogP contribution in [0.25, 0.3) is 22.5 Å². The number of thiocarbonyl (C=S) groups is 1. The maximum Gasteiger partial charge on any atom is 0.313 e. The van der Waals surface area contributed by atoms with Crippen molar-refractivity contribution < 1.29 is 9.53 Å². The Morgan fingerprint density at radius 3 is 2.36 bits per heavy atom. The molecular formula is C33H41N7O3S. The van der Waals surface area contributed by atoms with E-state index in [0.29, 0.717) is 29.3 Å². The standard InChI is InChI=1S/C33H41N7O3S/c1-8-9-14-28-34-22(2)27(19-29(44)38(6)7)31(41)39(28)20-23-15-17-24(18-16-23)25-12-10-11-13-26(25)30-35-37-40(36-30)21-43-32(42)33(3,4)5/h10-13,15-18H,8-9,14,19-21H2,1-7H3. The van der Waals surface area contributed by atoms with Crippen LogP contribution in [0.3, 0.4) is 0 Å². The lowest BCUT2D eigenvalue weighted by molar-refractivity contribution is -0.157. The van der Waals surface area contributed by atoms with E-state index in [-0.39, 0.29) is 18.3 Å². The van der Waals surface area contributed by atoms with E-state index in [2.05, 4.69) is 22.3 Å². The van der Waals surface area contributed by atoms with Crippen molar-refractivity contribution in [1.82, 2.24) is 34.7 Å². The summed E-state index contributed by atoms with van der Waals surface area (Å²) in [6.45, 7) is 9.70. The molecule has 0 radical (unpaired) electrons. The van der Waals surface area contributed by atoms with Gasteiger partial charge in [0.2, 0.25) is 12.6 Å². The highest BCUT2D eigenvalue weighted by molar-refractivity contribution is 7.80. The third-order valence-corrected chi connectivity index (χ3v) is 7.79. The lowest BCUT2D eigenvalue weighted by atomic mass is 9.98. The summed E-state index contributed by atoms with van der Waals surface area (Å²) in [5.74, 6) is 0.884. The first-order valence-electron chi connectivity index (χ1n) is 14.8. The van der Waals surface area contributed by atoms with E-state index in [0.717, 1.165) is 53.0 Å². The third-order valence-electron chi connectivity index (χ3n) is 7.28. The molecule has 0 saturated heterocycles. The van der Waals surface area contributed by atoms with Gasteiger partial charge in [0.15, 0.2) is 0 Å². The van der Waals surface area contributed by atoms with Gasteiger partial charge >= 0.3 is 5.97 Å². The number of rotatable bonds is 11. The number of hydrogen-bond acceptors (Lipinski definition) is 8. The van der Waals surface area contributed by atoms with Gasteiger partial charge in [-0.3, -0.25) is 14.2 Å². The molecule has 0 N–H and O–H groups in total. The van der Waals surface area contributed by atoms with E-state index in [1.54, 1.807) is 25.3 Å². The number of esters is 1. The Hall–Kier alpha value is -4.25. The van der Waals surface area contributed by atoms with Crippen LogP contribution in [0.5, 0.6) is 0 Å². The Bertz CT molecular complexity index is 1680. The second-order valence-corrected chi connectivity index (χ2v) is 12.6. The highest BCUT2D eigenvalue weighted by atomic mass is 32.1. The summed E-state index contributed by atoms with van der Waals surface area (Å²) in [6, 6.07) is 15.9. The first-order valence-corrected chi connectivity index (χ1v) is 15.2. The van der Waals surface area contributed by atoms with Crippen LogP contribution >= 0.6 is 12.2 Å². The fourth-order valence-electron chi connectivity index (χ4n) is 4.60. The molecule has 2 heterocycles. The molecule has 10 nitrogen and oxygen atoms in total. The van der Waals surface area contributed by atoms with E-state index in [4.69, 9.17) is 21.9 Å². The minimum Gasteiger partial charge on any atom is -0.440 e. The van der Waals surface area contributed by atoms with Crippen LogP contribution in [0.4, 0.5) is 0 Å². The number of ether oxygens (including phenoxy) is 1. The molecule has 0 unspecified atom stereocenters. The number of aryl methyl sites for hydroxylation is 2. The molecule has 0 bridgehead atoms. The summed E-state index contributed by atoms with van der Waals surface area (Å²) in [6.07, 6.45) is 3.09. The monoisotopic (exact) mass is 615 g/mol. The van der Waals surface area contributed by atoms with Crippen molar-refractivity contribution >= 4 is 23.2 Å². The summed E-state index contributed by atoms with van der Waals surface area (Å²) < 4.78 is 7.12. The van der Waals surface area contributed by atoms with Crippen molar-refractivity contribution in [2.45, 2.75) is 73.6 Å². The molecule has 0 aliphatic carbocycles. The largest absolute Gasteiger partial charge is 0.440 e. The Balaban J connectivity index is 1.60. The second kappa shape index (κ2) is 14.0. The first-order chi connectivity index (χ1) is 20.9. The molecule has 44 heavy (non-hydrogen) atoms. The van der Waals surface area contributed by atoms with Crippen molar-refractivity contribution in [3.8, 4) is 22.5 Å². The predicted molar refractivity (Wildman–Crippen MR) is 175 cm³/mol. The van der Waals surface area contributed by atoms with Crippen molar-refractivity contribution in [2.75, 3.05) is 14.1 Å². The summed E-state index contributed by atoms with van der Waals surface area (Å²) in [7, 11) is 3.78. The number of unbranched alkanes of at least 4 members (excludes halogenated alkanes) is 1. The second-order valence-electron chi connectivity index (χ2n) is 12.1. The Morgan fingerprint density at radius 1 is 1.05 bits per heavy atom. The highest BCUT2D eigenvalue weighted by Crippen LogP contribution is 2.30. The Labute approximate surface area is 264 Å². The zero-order chi connectivity index (χ0) is 32.0. The average molecular weight is 616 g/mol. The SMILES string of the molecule is CCCCc1nc(C)c(CC(=S)N(C)C)c(=O)n1Cc1ccc(-c2ccccc2-c2nnn(COC(=O)C(C)(C)C)n2)cc1. The highest BCUT2D eigenvalue weighted by Gasteiger charge is 2.23. The van der Waals surface area contributed by atoms with Crippen LogP contribution in [0.2, 0.25) is 0 Å². The Kier molecular flexibility index (Phi) is 10.4. The van der Waals surface area contributed by atoms with Crippen LogP contribution in [0, 0.1) is 12.3 Å². The number of carbonyl (C=O) groups excluding carboxylic acids is 1. The fraction of sp³-hybridized carbons (Fsp3) is 0.424. The van der Waals surface area contributed by atoms with Gasteiger partial charge in [-0.15, -0.1) is 15.0 Å². The van der Waals surface area contributed by atoms with Gasteiger partial charge in [-0.2, -0.15) is 0 Å². The van der Waals surface area contributed by atoms with Crippen LogP contribution in [0.1, 0.15) is 63.2 Å². The van der Waals surface area contributed by atoms with Gasteiger partial charge in [-0.05, 0) is 56.0 Å². The number of nitrogens with zero attached hydrogens (tertiary/aromatic N) is 7. The van der Waals surface area contributed by atoms with Gasteiger partial charge in [-0.1, -0.05) is 74.1 Å². The molecule has 0 saturated carbocycles. The van der Waals surface area contributed by atoms with Gasteiger partial charge < -0.3 is 9.64 Å². The van der Waals surface area contributed by atoms with Gasteiger partial charge in [0.1, 0.15) is 5.82 Å². The fourth-order valence-corrected chi connectivity index (χ4v) is 4.74. The zero-order valence-corrected chi connectivity index (χ0v) is 27.4. The lowest BCUT2D eigenvalue weighted by Crippen LogP contribution is -2.33. The lowest BCUT2D eigenvalue weighted by Gasteiger charge is -2.18. The van der Waals surface area contributed by atoms with Crippen molar-refractivity contribution in [3.05, 3.63) is 81.5 Å².